The highest BCUT2D eigenvalue weighted by Gasteiger charge is 2.47. The normalized spacial score (nSPS) is 20.4. The highest BCUT2D eigenvalue weighted by molar-refractivity contribution is 6.05. The molecule has 1 saturated heterocycles. The third-order valence-electron chi connectivity index (χ3n) is 5.68. The van der Waals surface area contributed by atoms with Gasteiger partial charge in [-0.15, -0.1) is 0 Å². The van der Waals surface area contributed by atoms with Crippen LogP contribution in [0.5, 0.6) is 11.5 Å². The molecular formula is C23H27NO4. The Hall–Kier alpha value is -2.82. The van der Waals surface area contributed by atoms with Crippen LogP contribution in [0.1, 0.15) is 30.9 Å². The molecule has 5 nitrogen and oxygen atoms in total. The fraction of sp³-hybridized carbons (Fsp3) is 0.391. The Morgan fingerprint density at radius 2 is 1.64 bits per heavy atom. The fourth-order valence-electron chi connectivity index (χ4n) is 4.01. The number of methoxy groups -OCH3 is 2. The van der Waals surface area contributed by atoms with Crippen LogP contribution in [-0.4, -0.2) is 37.5 Å². The first kappa shape index (κ1) is 19.9. The molecule has 2 aromatic carbocycles. The van der Waals surface area contributed by atoms with Crippen molar-refractivity contribution in [3.05, 3.63) is 59.7 Å². The van der Waals surface area contributed by atoms with E-state index in [9.17, 15) is 9.59 Å². The van der Waals surface area contributed by atoms with Gasteiger partial charge in [-0.25, -0.2) is 0 Å². The molecule has 3 rings (SSSR count). The van der Waals surface area contributed by atoms with Gasteiger partial charge in [0.15, 0.2) is 11.5 Å². The lowest BCUT2D eigenvalue weighted by Crippen LogP contribution is -2.33. The summed E-state index contributed by atoms with van der Waals surface area (Å²) in [6.07, 6.45) is 0.580. The topological polar surface area (TPSA) is 55.8 Å². The summed E-state index contributed by atoms with van der Waals surface area (Å²) in [6, 6.07) is 15.6. The average Bonchev–Trinajstić information content (AvgIpc) is 2.94. The van der Waals surface area contributed by atoms with Crippen LogP contribution in [0.25, 0.3) is 0 Å². The van der Waals surface area contributed by atoms with E-state index in [1.54, 1.807) is 14.2 Å². The third-order valence-corrected chi connectivity index (χ3v) is 5.68. The maximum absolute atomic E-state index is 13.0. The SMILES string of the molecule is COc1ccc(CCN2C(=O)C(C)C(C(C)c3ccccc3)C2=O)cc1OC. The summed E-state index contributed by atoms with van der Waals surface area (Å²) in [4.78, 5) is 27.2. The summed E-state index contributed by atoms with van der Waals surface area (Å²) in [5, 5.41) is 0. The minimum Gasteiger partial charge on any atom is -0.493 e. The van der Waals surface area contributed by atoms with Crippen molar-refractivity contribution in [2.45, 2.75) is 26.2 Å². The van der Waals surface area contributed by atoms with Crippen molar-refractivity contribution in [3.8, 4) is 11.5 Å². The number of carbonyl (C=O) groups is 2. The first-order chi connectivity index (χ1) is 13.5. The smallest absolute Gasteiger partial charge is 0.233 e. The maximum atomic E-state index is 13.0. The minimum atomic E-state index is -0.319. The van der Waals surface area contributed by atoms with Gasteiger partial charge in [0.1, 0.15) is 0 Å². The Morgan fingerprint density at radius 1 is 0.964 bits per heavy atom. The summed E-state index contributed by atoms with van der Waals surface area (Å²) in [5.74, 6) is 0.507. The lowest BCUT2D eigenvalue weighted by molar-refractivity contribution is -0.139. The Morgan fingerprint density at radius 3 is 2.29 bits per heavy atom. The van der Waals surface area contributed by atoms with Crippen LogP contribution in [-0.2, 0) is 16.0 Å². The van der Waals surface area contributed by atoms with E-state index in [4.69, 9.17) is 9.47 Å². The van der Waals surface area contributed by atoms with Crippen LogP contribution in [0, 0.1) is 11.8 Å². The number of nitrogens with zero attached hydrogens (tertiary/aromatic N) is 1. The van der Waals surface area contributed by atoms with Crippen LogP contribution >= 0.6 is 0 Å². The summed E-state index contributed by atoms with van der Waals surface area (Å²) in [7, 11) is 3.18. The number of carbonyl (C=O) groups excluding carboxylic acids is 2. The van der Waals surface area contributed by atoms with Crippen molar-refractivity contribution < 1.29 is 19.1 Å². The zero-order valence-corrected chi connectivity index (χ0v) is 16.8. The first-order valence-corrected chi connectivity index (χ1v) is 9.59. The van der Waals surface area contributed by atoms with Crippen molar-refractivity contribution in [3.63, 3.8) is 0 Å². The molecule has 1 heterocycles. The number of amides is 2. The molecule has 0 aliphatic carbocycles. The van der Waals surface area contributed by atoms with E-state index in [-0.39, 0.29) is 29.6 Å². The average molecular weight is 381 g/mol. The van der Waals surface area contributed by atoms with Gasteiger partial charge in [0.05, 0.1) is 20.1 Å². The van der Waals surface area contributed by atoms with E-state index in [0.717, 1.165) is 11.1 Å². The molecular weight excluding hydrogens is 354 g/mol. The largest absolute Gasteiger partial charge is 0.493 e. The molecule has 0 N–H and O–H groups in total. The van der Waals surface area contributed by atoms with Gasteiger partial charge in [0.2, 0.25) is 11.8 Å². The summed E-state index contributed by atoms with van der Waals surface area (Å²) in [6.45, 7) is 4.26. The van der Waals surface area contributed by atoms with Crippen LogP contribution in [0.15, 0.2) is 48.5 Å². The number of imide groups is 1. The van der Waals surface area contributed by atoms with Gasteiger partial charge in [0.25, 0.3) is 0 Å². The van der Waals surface area contributed by atoms with Gasteiger partial charge in [-0.2, -0.15) is 0 Å². The van der Waals surface area contributed by atoms with E-state index >= 15 is 0 Å². The Kier molecular flexibility index (Phi) is 6.02. The molecule has 0 saturated carbocycles. The summed E-state index contributed by atoms with van der Waals surface area (Å²) in [5.41, 5.74) is 2.08. The van der Waals surface area contributed by atoms with Crippen LogP contribution in [0.2, 0.25) is 0 Å². The second-order valence-corrected chi connectivity index (χ2v) is 7.28. The Balaban J connectivity index is 1.73. The minimum absolute atomic E-state index is 0.00118. The van der Waals surface area contributed by atoms with Crippen molar-refractivity contribution in [1.82, 2.24) is 4.90 Å². The highest BCUT2D eigenvalue weighted by atomic mass is 16.5. The molecule has 3 atom stereocenters. The fourth-order valence-corrected chi connectivity index (χ4v) is 4.01. The predicted molar refractivity (Wildman–Crippen MR) is 107 cm³/mol. The molecule has 0 spiro atoms. The van der Waals surface area contributed by atoms with Gasteiger partial charge in [-0.05, 0) is 35.6 Å². The predicted octanol–water partition coefficient (Wildman–Crippen LogP) is 3.67. The van der Waals surface area contributed by atoms with E-state index in [0.29, 0.717) is 24.5 Å². The van der Waals surface area contributed by atoms with Gasteiger partial charge in [-0.3, -0.25) is 14.5 Å². The number of benzene rings is 2. The monoisotopic (exact) mass is 381 g/mol. The van der Waals surface area contributed by atoms with Crippen molar-refractivity contribution >= 4 is 11.8 Å². The molecule has 2 amide bonds. The number of likely N-dealkylation sites (tertiary alicyclic amines) is 1. The molecule has 28 heavy (non-hydrogen) atoms. The van der Waals surface area contributed by atoms with Crippen LogP contribution < -0.4 is 9.47 Å². The van der Waals surface area contributed by atoms with Gasteiger partial charge >= 0.3 is 0 Å². The first-order valence-electron chi connectivity index (χ1n) is 9.59. The van der Waals surface area contributed by atoms with E-state index in [2.05, 4.69) is 0 Å². The second-order valence-electron chi connectivity index (χ2n) is 7.28. The number of hydrogen-bond acceptors (Lipinski definition) is 4. The summed E-state index contributed by atoms with van der Waals surface area (Å²) < 4.78 is 10.6. The number of ether oxygens (including phenoxy) is 2. The van der Waals surface area contributed by atoms with Crippen LogP contribution in [0.4, 0.5) is 0 Å². The molecule has 5 heteroatoms. The molecule has 0 radical (unpaired) electrons. The van der Waals surface area contributed by atoms with Crippen molar-refractivity contribution in [2.24, 2.45) is 11.8 Å². The zero-order chi connectivity index (χ0) is 20.3. The van der Waals surface area contributed by atoms with Crippen LogP contribution in [0.3, 0.4) is 0 Å². The molecule has 2 aromatic rings. The van der Waals surface area contributed by atoms with Crippen molar-refractivity contribution in [1.29, 1.82) is 0 Å². The maximum Gasteiger partial charge on any atom is 0.233 e. The zero-order valence-electron chi connectivity index (χ0n) is 16.8. The standard InChI is InChI=1S/C23H27NO4/c1-15(18-8-6-5-7-9-18)21-16(2)22(25)24(23(21)26)13-12-17-10-11-19(27-3)20(14-17)28-4/h5-11,14-16,21H,12-13H2,1-4H3. The quantitative estimate of drug-likeness (QED) is 0.687. The van der Waals surface area contributed by atoms with Gasteiger partial charge < -0.3 is 9.47 Å². The molecule has 1 fully saturated rings. The molecule has 148 valence electrons. The number of rotatable bonds is 7. The molecule has 1 aliphatic heterocycles. The van der Waals surface area contributed by atoms with E-state index in [1.807, 2.05) is 62.4 Å². The van der Waals surface area contributed by atoms with E-state index in [1.165, 1.54) is 4.90 Å². The molecule has 3 unspecified atom stereocenters. The van der Waals surface area contributed by atoms with Crippen molar-refractivity contribution in [2.75, 3.05) is 20.8 Å². The van der Waals surface area contributed by atoms with Gasteiger partial charge in [0, 0.05) is 12.5 Å². The molecule has 0 bridgehead atoms. The summed E-state index contributed by atoms with van der Waals surface area (Å²) >= 11 is 0. The molecule has 0 aromatic heterocycles. The Bertz CT molecular complexity index is 849. The second kappa shape index (κ2) is 8.46. The number of hydrogen-bond donors (Lipinski definition) is 0. The van der Waals surface area contributed by atoms with E-state index < -0.39 is 0 Å². The lowest BCUT2D eigenvalue weighted by atomic mass is 9.81. The molecule has 1 aliphatic rings. The lowest BCUT2D eigenvalue weighted by Gasteiger charge is -2.21. The van der Waals surface area contributed by atoms with Gasteiger partial charge in [-0.1, -0.05) is 50.2 Å². The highest BCUT2D eigenvalue weighted by Crippen LogP contribution is 2.37. The third kappa shape index (κ3) is 3.75. The Labute approximate surface area is 166 Å².